The summed E-state index contributed by atoms with van der Waals surface area (Å²) >= 11 is 11.7. The van der Waals surface area contributed by atoms with Gasteiger partial charge in [-0.05, 0) is 36.8 Å². The summed E-state index contributed by atoms with van der Waals surface area (Å²) in [5.74, 6) is -0.842. The van der Waals surface area contributed by atoms with E-state index in [0.29, 0.717) is 23.4 Å². The van der Waals surface area contributed by atoms with Gasteiger partial charge in [-0.2, -0.15) is 0 Å². The third-order valence-electron chi connectivity index (χ3n) is 2.65. The van der Waals surface area contributed by atoms with Gasteiger partial charge < -0.3 is 5.32 Å². The summed E-state index contributed by atoms with van der Waals surface area (Å²) < 4.78 is 12.9. The maximum atomic E-state index is 12.9. The average Bonchev–Trinajstić information content (AvgIpc) is 2.41. The fourth-order valence-corrected chi connectivity index (χ4v) is 2.09. The zero-order chi connectivity index (χ0) is 14.7. The van der Waals surface area contributed by atoms with Crippen molar-refractivity contribution in [2.24, 2.45) is 0 Å². The van der Waals surface area contributed by atoms with Crippen LogP contribution in [0.2, 0.25) is 10.2 Å². The Morgan fingerprint density at radius 2 is 2.05 bits per heavy atom. The van der Waals surface area contributed by atoms with E-state index < -0.39 is 5.82 Å². The second-order valence-corrected chi connectivity index (χ2v) is 4.90. The minimum atomic E-state index is -0.465. The van der Waals surface area contributed by atoms with Crippen LogP contribution in [0.25, 0.3) is 0 Å². The number of amides is 1. The highest BCUT2D eigenvalue weighted by Gasteiger charge is 2.11. The summed E-state index contributed by atoms with van der Waals surface area (Å²) in [5, 5.41) is 2.99. The van der Waals surface area contributed by atoms with E-state index in [-0.39, 0.29) is 16.1 Å². The molecule has 1 aromatic carbocycles. The van der Waals surface area contributed by atoms with Crippen LogP contribution < -0.4 is 5.32 Å². The number of aromatic nitrogens is 1. The molecule has 0 bridgehead atoms. The average molecular weight is 313 g/mol. The van der Waals surface area contributed by atoms with E-state index in [1.165, 1.54) is 18.2 Å². The van der Waals surface area contributed by atoms with Crippen molar-refractivity contribution in [1.82, 2.24) is 4.98 Å². The highest BCUT2D eigenvalue weighted by Crippen LogP contribution is 2.23. The third-order valence-corrected chi connectivity index (χ3v) is 3.16. The summed E-state index contributed by atoms with van der Waals surface area (Å²) in [7, 11) is 0. The summed E-state index contributed by atoms with van der Waals surface area (Å²) in [6.45, 7) is 1.91. The van der Waals surface area contributed by atoms with Crippen LogP contribution in [0, 0.1) is 5.82 Å². The van der Waals surface area contributed by atoms with Crippen molar-refractivity contribution in [2.45, 2.75) is 13.3 Å². The van der Waals surface area contributed by atoms with E-state index in [1.54, 1.807) is 6.07 Å². The standard InChI is InChI=1S/C14H11Cl2FN2O/c1-2-10-5-8(6-13(16)18-10)14(20)19-12-4-3-9(17)7-11(12)15/h3-7H,2H2,1H3,(H,19,20). The van der Waals surface area contributed by atoms with E-state index in [1.807, 2.05) is 6.92 Å². The lowest BCUT2D eigenvalue weighted by molar-refractivity contribution is 0.102. The van der Waals surface area contributed by atoms with Gasteiger partial charge in [-0.15, -0.1) is 0 Å². The molecule has 3 nitrogen and oxygen atoms in total. The van der Waals surface area contributed by atoms with Gasteiger partial charge in [0, 0.05) is 11.3 Å². The first kappa shape index (κ1) is 14.8. The molecule has 20 heavy (non-hydrogen) atoms. The first-order valence-electron chi connectivity index (χ1n) is 5.92. The zero-order valence-electron chi connectivity index (χ0n) is 10.6. The van der Waals surface area contributed by atoms with Gasteiger partial charge in [-0.3, -0.25) is 4.79 Å². The van der Waals surface area contributed by atoms with Gasteiger partial charge in [0.15, 0.2) is 0 Å². The maximum absolute atomic E-state index is 12.9. The highest BCUT2D eigenvalue weighted by molar-refractivity contribution is 6.34. The van der Waals surface area contributed by atoms with Crippen LogP contribution in [0.15, 0.2) is 30.3 Å². The van der Waals surface area contributed by atoms with Crippen molar-refractivity contribution in [2.75, 3.05) is 5.32 Å². The van der Waals surface area contributed by atoms with Crippen LogP contribution in [0.4, 0.5) is 10.1 Å². The Balaban J connectivity index is 2.26. The monoisotopic (exact) mass is 312 g/mol. The van der Waals surface area contributed by atoms with Crippen LogP contribution in [-0.4, -0.2) is 10.9 Å². The van der Waals surface area contributed by atoms with Gasteiger partial charge in [0.25, 0.3) is 5.91 Å². The lowest BCUT2D eigenvalue weighted by Crippen LogP contribution is -2.13. The molecule has 0 saturated carbocycles. The predicted molar refractivity (Wildman–Crippen MR) is 78.0 cm³/mol. The van der Waals surface area contributed by atoms with E-state index in [0.717, 1.165) is 6.07 Å². The van der Waals surface area contributed by atoms with Crippen molar-refractivity contribution >= 4 is 34.8 Å². The highest BCUT2D eigenvalue weighted by atomic mass is 35.5. The Morgan fingerprint density at radius 1 is 1.30 bits per heavy atom. The lowest BCUT2D eigenvalue weighted by Gasteiger charge is -2.08. The van der Waals surface area contributed by atoms with Crippen LogP contribution >= 0.6 is 23.2 Å². The molecule has 2 rings (SSSR count). The molecule has 0 aliphatic heterocycles. The molecule has 1 aromatic heterocycles. The lowest BCUT2D eigenvalue weighted by atomic mass is 10.2. The SMILES string of the molecule is CCc1cc(C(=O)Nc2ccc(F)cc2Cl)cc(Cl)n1. The van der Waals surface area contributed by atoms with E-state index in [4.69, 9.17) is 23.2 Å². The summed E-state index contributed by atoms with van der Waals surface area (Å²) in [6, 6.07) is 6.87. The number of nitrogens with one attached hydrogen (secondary N) is 1. The quantitative estimate of drug-likeness (QED) is 0.856. The molecule has 2 aromatic rings. The largest absolute Gasteiger partial charge is 0.321 e. The van der Waals surface area contributed by atoms with Gasteiger partial charge in [0.2, 0.25) is 0 Å². The summed E-state index contributed by atoms with van der Waals surface area (Å²) in [6.07, 6.45) is 0.665. The second-order valence-electron chi connectivity index (χ2n) is 4.10. The second kappa shape index (κ2) is 6.20. The molecule has 0 aliphatic carbocycles. The smallest absolute Gasteiger partial charge is 0.255 e. The minimum absolute atomic E-state index is 0.134. The molecule has 1 N–H and O–H groups in total. The van der Waals surface area contributed by atoms with Crippen LogP contribution in [0.3, 0.4) is 0 Å². The van der Waals surface area contributed by atoms with E-state index in [2.05, 4.69) is 10.3 Å². The molecule has 0 unspecified atom stereocenters. The number of anilines is 1. The number of carbonyl (C=O) groups is 1. The summed E-state index contributed by atoms with van der Waals surface area (Å²) in [5.41, 5.74) is 1.43. The minimum Gasteiger partial charge on any atom is -0.321 e. The Labute approximate surface area is 125 Å². The fraction of sp³-hybridized carbons (Fsp3) is 0.143. The number of rotatable bonds is 3. The first-order valence-corrected chi connectivity index (χ1v) is 6.68. The van der Waals surface area contributed by atoms with Crippen LogP contribution in [0.1, 0.15) is 23.0 Å². The molecule has 1 amide bonds. The molecule has 0 fully saturated rings. The number of benzene rings is 1. The van der Waals surface area contributed by atoms with Crippen LogP contribution in [-0.2, 0) is 6.42 Å². The molecular formula is C14H11Cl2FN2O. The van der Waals surface area contributed by atoms with Gasteiger partial charge in [0.1, 0.15) is 11.0 Å². The molecular weight excluding hydrogens is 302 g/mol. The number of nitrogens with zero attached hydrogens (tertiary/aromatic N) is 1. The van der Waals surface area contributed by atoms with Gasteiger partial charge in [0.05, 0.1) is 10.7 Å². The first-order chi connectivity index (χ1) is 9.49. The normalized spacial score (nSPS) is 10.4. The molecule has 0 spiro atoms. The molecule has 0 saturated heterocycles. The molecule has 0 aliphatic rings. The Kier molecular flexibility index (Phi) is 4.57. The van der Waals surface area contributed by atoms with Crippen LogP contribution in [0.5, 0.6) is 0 Å². The van der Waals surface area contributed by atoms with E-state index >= 15 is 0 Å². The van der Waals surface area contributed by atoms with Crippen molar-refractivity contribution in [3.63, 3.8) is 0 Å². The van der Waals surface area contributed by atoms with E-state index in [9.17, 15) is 9.18 Å². The fourth-order valence-electron chi connectivity index (χ4n) is 1.65. The Morgan fingerprint density at radius 3 is 2.70 bits per heavy atom. The van der Waals surface area contributed by atoms with Gasteiger partial charge in [-0.25, -0.2) is 9.37 Å². The number of pyridine rings is 1. The Bertz CT molecular complexity index is 662. The molecule has 1 heterocycles. The summed E-state index contributed by atoms with van der Waals surface area (Å²) in [4.78, 5) is 16.2. The molecule has 6 heteroatoms. The zero-order valence-corrected chi connectivity index (χ0v) is 12.1. The van der Waals surface area contributed by atoms with Crippen molar-refractivity contribution in [3.8, 4) is 0 Å². The van der Waals surface area contributed by atoms with Crippen molar-refractivity contribution in [3.05, 3.63) is 57.6 Å². The van der Waals surface area contributed by atoms with Gasteiger partial charge in [-0.1, -0.05) is 30.1 Å². The topological polar surface area (TPSA) is 42.0 Å². The third kappa shape index (κ3) is 3.46. The number of aryl methyl sites for hydroxylation is 1. The number of carbonyl (C=O) groups excluding carboxylic acids is 1. The number of hydrogen-bond acceptors (Lipinski definition) is 2. The maximum Gasteiger partial charge on any atom is 0.255 e. The number of hydrogen-bond donors (Lipinski definition) is 1. The van der Waals surface area contributed by atoms with Crippen molar-refractivity contribution in [1.29, 1.82) is 0 Å². The van der Waals surface area contributed by atoms with Crippen molar-refractivity contribution < 1.29 is 9.18 Å². The molecule has 0 radical (unpaired) electrons. The molecule has 0 atom stereocenters. The predicted octanol–water partition coefficient (Wildman–Crippen LogP) is 4.34. The number of halogens is 3. The molecule has 104 valence electrons. The van der Waals surface area contributed by atoms with Gasteiger partial charge >= 0.3 is 0 Å². The Hall–Kier alpha value is -1.65.